The number of amides is 1. The summed E-state index contributed by atoms with van der Waals surface area (Å²) in [6, 6.07) is 3.27. The lowest BCUT2D eigenvalue weighted by Gasteiger charge is -2.25. The fourth-order valence-corrected chi connectivity index (χ4v) is 1.71. The molecule has 0 aromatic carbocycles. The largest absolute Gasteiger partial charge is 0.481 e. The van der Waals surface area contributed by atoms with Gasteiger partial charge in [-0.1, -0.05) is 20.3 Å². The van der Waals surface area contributed by atoms with Gasteiger partial charge in [0, 0.05) is 18.0 Å². The van der Waals surface area contributed by atoms with Crippen molar-refractivity contribution in [1.29, 1.82) is 0 Å². The van der Waals surface area contributed by atoms with Crippen LogP contribution < -0.4 is 10.1 Å². The van der Waals surface area contributed by atoms with Gasteiger partial charge in [-0.05, 0) is 18.9 Å². The highest BCUT2D eigenvalue weighted by atomic mass is 16.5. The summed E-state index contributed by atoms with van der Waals surface area (Å²) < 4.78 is 4.97. The molecule has 5 nitrogen and oxygen atoms in total. The highest BCUT2D eigenvalue weighted by Crippen LogP contribution is 2.21. The smallest absolute Gasteiger partial charge is 0.256 e. The number of rotatable bonds is 6. The van der Waals surface area contributed by atoms with E-state index >= 15 is 0 Å². The second-order valence-electron chi connectivity index (χ2n) is 4.18. The van der Waals surface area contributed by atoms with Crippen molar-refractivity contribution in [2.45, 2.75) is 38.7 Å². The number of methoxy groups -OCH3 is 1. The van der Waals surface area contributed by atoms with Crippen molar-refractivity contribution in [3.63, 3.8) is 0 Å². The molecule has 1 amide bonds. The molecule has 1 aromatic rings. The normalized spacial score (nSPS) is 13.8. The third-order valence-corrected chi connectivity index (χ3v) is 2.87. The molecule has 0 radical (unpaired) electrons. The van der Waals surface area contributed by atoms with E-state index in [1.165, 1.54) is 7.11 Å². The number of carbonyl (C=O) groups excluding carboxylic acids is 1. The summed E-state index contributed by atoms with van der Waals surface area (Å²) in [6.45, 7) is 3.73. The number of carbonyl (C=O) groups is 1. The minimum atomic E-state index is -1.31. The quantitative estimate of drug-likeness (QED) is 0.812. The molecule has 0 bridgehead atoms. The average Bonchev–Trinajstić information content (AvgIpc) is 2.39. The Balaban J connectivity index is 2.79. The van der Waals surface area contributed by atoms with Gasteiger partial charge < -0.3 is 15.2 Å². The predicted molar refractivity (Wildman–Crippen MR) is 69.6 cm³/mol. The van der Waals surface area contributed by atoms with Crippen LogP contribution in [0.15, 0.2) is 18.3 Å². The predicted octanol–water partition coefficient (Wildman–Crippen LogP) is 1.97. The molecule has 1 aromatic heterocycles. The van der Waals surface area contributed by atoms with Gasteiger partial charge in [-0.2, -0.15) is 0 Å². The summed E-state index contributed by atoms with van der Waals surface area (Å²) in [5.74, 6) is 0.0310. The molecular formula is C13H20N2O3. The molecule has 1 heterocycles. The maximum atomic E-state index is 12.0. The van der Waals surface area contributed by atoms with Gasteiger partial charge in [0.1, 0.15) is 5.60 Å². The Kier molecular flexibility index (Phi) is 5.09. The van der Waals surface area contributed by atoms with Crippen molar-refractivity contribution in [2.24, 2.45) is 0 Å². The van der Waals surface area contributed by atoms with Crippen LogP contribution in [0, 0.1) is 0 Å². The number of ether oxygens (including phenoxy) is 1. The van der Waals surface area contributed by atoms with Crippen molar-refractivity contribution in [2.75, 3.05) is 12.4 Å². The van der Waals surface area contributed by atoms with E-state index in [1.807, 2.05) is 6.92 Å². The van der Waals surface area contributed by atoms with Crippen LogP contribution in [0.4, 0.5) is 5.69 Å². The van der Waals surface area contributed by atoms with Gasteiger partial charge in [0.2, 0.25) is 5.88 Å². The number of aromatic nitrogens is 1. The van der Waals surface area contributed by atoms with E-state index in [4.69, 9.17) is 4.74 Å². The molecule has 0 saturated heterocycles. The monoisotopic (exact) mass is 252 g/mol. The van der Waals surface area contributed by atoms with Crippen molar-refractivity contribution in [1.82, 2.24) is 4.98 Å². The van der Waals surface area contributed by atoms with E-state index in [9.17, 15) is 9.90 Å². The number of anilines is 1. The van der Waals surface area contributed by atoms with Crippen molar-refractivity contribution < 1.29 is 14.6 Å². The number of aliphatic hydroxyl groups is 1. The van der Waals surface area contributed by atoms with Crippen LogP contribution in [0.25, 0.3) is 0 Å². The van der Waals surface area contributed by atoms with Crippen LogP contribution in [0.5, 0.6) is 5.88 Å². The summed E-state index contributed by atoms with van der Waals surface area (Å²) in [5, 5.41) is 12.9. The van der Waals surface area contributed by atoms with E-state index in [0.29, 0.717) is 24.4 Å². The third-order valence-electron chi connectivity index (χ3n) is 2.87. The molecular weight excluding hydrogens is 232 g/mol. The molecule has 100 valence electrons. The van der Waals surface area contributed by atoms with Gasteiger partial charge in [0.15, 0.2) is 0 Å². The first-order chi connectivity index (χ1) is 8.55. The molecule has 0 aliphatic carbocycles. The Bertz CT molecular complexity index is 409. The molecule has 0 aliphatic rings. The molecule has 0 spiro atoms. The minimum Gasteiger partial charge on any atom is -0.481 e. The van der Waals surface area contributed by atoms with Gasteiger partial charge in [0.05, 0.1) is 7.11 Å². The van der Waals surface area contributed by atoms with Crippen LogP contribution in [0.3, 0.4) is 0 Å². The fourth-order valence-electron chi connectivity index (χ4n) is 1.71. The Morgan fingerprint density at radius 1 is 1.56 bits per heavy atom. The van der Waals surface area contributed by atoms with Crippen LogP contribution >= 0.6 is 0 Å². The summed E-state index contributed by atoms with van der Waals surface area (Å²) in [7, 11) is 1.51. The SMILES string of the molecule is CCC[C@](O)(CC)C(=O)Nc1ccnc(OC)c1. The Morgan fingerprint density at radius 3 is 2.83 bits per heavy atom. The molecule has 0 saturated carbocycles. The summed E-state index contributed by atoms with van der Waals surface area (Å²) in [5.41, 5.74) is -0.750. The molecule has 0 unspecified atom stereocenters. The van der Waals surface area contributed by atoms with Crippen LogP contribution in [0.2, 0.25) is 0 Å². The number of hydrogen-bond acceptors (Lipinski definition) is 4. The lowest BCUT2D eigenvalue weighted by Crippen LogP contribution is -2.42. The summed E-state index contributed by atoms with van der Waals surface area (Å²) in [4.78, 5) is 16.0. The van der Waals surface area contributed by atoms with E-state index in [2.05, 4.69) is 10.3 Å². The molecule has 0 fully saturated rings. The van der Waals surface area contributed by atoms with Crippen LogP contribution in [-0.4, -0.2) is 28.7 Å². The van der Waals surface area contributed by atoms with Gasteiger partial charge in [-0.15, -0.1) is 0 Å². The van der Waals surface area contributed by atoms with Crippen molar-refractivity contribution in [3.05, 3.63) is 18.3 Å². The summed E-state index contributed by atoms with van der Waals surface area (Å²) >= 11 is 0. The Hall–Kier alpha value is -1.62. The van der Waals surface area contributed by atoms with E-state index < -0.39 is 5.60 Å². The highest BCUT2D eigenvalue weighted by molar-refractivity contribution is 5.97. The number of hydrogen-bond donors (Lipinski definition) is 2. The molecule has 0 aliphatic heterocycles. The molecule has 2 N–H and O–H groups in total. The first kappa shape index (κ1) is 14.4. The number of pyridine rings is 1. The number of nitrogens with zero attached hydrogens (tertiary/aromatic N) is 1. The second-order valence-corrected chi connectivity index (χ2v) is 4.18. The molecule has 18 heavy (non-hydrogen) atoms. The summed E-state index contributed by atoms with van der Waals surface area (Å²) in [6.07, 6.45) is 3.11. The van der Waals surface area contributed by atoms with Crippen LogP contribution in [0.1, 0.15) is 33.1 Å². The molecule has 1 rings (SSSR count). The zero-order valence-corrected chi connectivity index (χ0v) is 11.1. The minimum absolute atomic E-state index is 0.384. The third kappa shape index (κ3) is 3.43. The molecule has 5 heteroatoms. The lowest BCUT2D eigenvalue weighted by molar-refractivity contribution is -0.135. The standard InChI is InChI=1S/C13H20N2O3/c1-4-7-13(17,5-2)12(16)15-10-6-8-14-11(9-10)18-3/h6,8-9,17H,4-5,7H2,1-3H3,(H,14,15,16)/t13-/m1/s1. The van der Waals surface area contributed by atoms with Gasteiger partial charge in [-0.25, -0.2) is 4.98 Å². The topological polar surface area (TPSA) is 71.5 Å². The second kappa shape index (κ2) is 6.35. The Labute approximate surface area is 107 Å². The first-order valence-corrected chi connectivity index (χ1v) is 6.09. The lowest BCUT2D eigenvalue weighted by atomic mass is 9.94. The average molecular weight is 252 g/mol. The van der Waals surface area contributed by atoms with E-state index in [0.717, 1.165) is 6.42 Å². The maximum absolute atomic E-state index is 12.0. The molecule has 1 atom stereocenters. The highest BCUT2D eigenvalue weighted by Gasteiger charge is 2.32. The van der Waals surface area contributed by atoms with Gasteiger partial charge in [-0.3, -0.25) is 4.79 Å². The zero-order chi connectivity index (χ0) is 13.6. The van der Waals surface area contributed by atoms with Crippen LogP contribution in [-0.2, 0) is 4.79 Å². The first-order valence-electron chi connectivity index (χ1n) is 6.09. The fraction of sp³-hybridized carbons (Fsp3) is 0.538. The number of nitrogens with one attached hydrogen (secondary N) is 1. The Morgan fingerprint density at radius 2 is 2.28 bits per heavy atom. The van der Waals surface area contributed by atoms with E-state index in [1.54, 1.807) is 25.3 Å². The zero-order valence-electron chi connectivity index (χ0n) is 11.1. The van der Waals surface area contributed by atoms with Gasteiger partial charge >= 0.3 is 0 Å². The maximum Gasteiger partial charge on any atom is 0.256 e. The van der Waals surface area contributed by atoms with E-state index in [-0.39, 0.29) is 5.91 Å². The van der Waals surface area contributed by atoms with Crippen molar-refractivity contribution in [3.8, 4) is 5.88 Å². The van der Waals surface area contributed by atoms with Crippen molar-refractivity contribution >= 4 is 11.6 Å². The van der Waals surface area contributed by atoms with Gasteiger partial charge in [0.25, 0.3) is 5.91 Å².